The van der Waals surface area contributed by atoms with Gasteiger partial charge in [-0.2, -0.15) is 0 Å². The van der Waals surface area contributed by atoms with Crippen molar-refractivity contribution in [3.05, 3.63) is 29.8 Å². The van der Waals surface area contributed by atoms with Crippen molar-refractivity contribution < 1.29 is 32.7 Å². The van der Waals surface area contributed by atoms with Crippen LogP contribution >= 0.6 is 0 Å². The molecule has 2 aliphatic rings. The summed E-state index contributed by atoms with van der Waals surface area (Å²) in [7, 11) is 0. The lowest BCUT2D eigenvalue weighted by Gasteiger charge is -2.20. The van der Waals surface area contributed by atoms with Crippen LogP contribution in [0.3, 0.4) is 0 Å². The Balaban J connectivity index is 1.50. The highest BCUT2D eigenvalue weighted by Gasteiger charge is 2.56. The maximum atomic E-state index is 13.5. The molecule has 1 heterocycles. The second-order valence-corrected chi connectivity index (χ2v) is 6.63. The zero-order valence-electron chi connectivity index (χ0n) is 14.4. The molecule has 1 aliphatic heterocycles. The van der Waals surface area contributed by atoms with Crippen LogP contribution in [0.5, 0.6) is 0 Å². The lowest BCUT2D eigenvalue weighted by atomic mass is 9.96. The monoisotopic (exact) mass is 381 g/mol. The molecule has 0 radical (unpaired) electrons. The van der Waals surface area contributed by atoms with Gasteiger partial charge in [-0.25, -0.2) is 13.6 Å². The van der Waals surface area contributed by atoms with Crippen molar-refractivity contribution in [2.45, 2.75) is 25.3 Å². The maximum absolute atomic E-state index is 13.5. The molecule has 2 N–H and O–H groups in total. The second kappa shape index (κ2) is 6.93. The number of anilines is 1. The first kappa shape index (κ1) is 18.7. The molecule has 1 saturated carbocycles. The summed E-state index contributed by atoms with van der Waals surface area (Å²) < 4.78 is 31.0. The summed E-state index contributed by atoms with van der Waals surface area (Å²) in [6.07, 6.45) is 1.64. The van der Waals surface area contributed by atoms with Gasteiger partial charge in [0.15, 0.2) is 6.61 Å². The van der Waals surface area contributed by atoms with Crippen molar-refractivity contribution in [3.63, 3.8) is 0 Å². The number of carbonyl (C=O) groups is 4. The van der Waals surface area contributed by atoms with E-state index in [0.29, 0.717) is 6.07 Å². The molecule has 27 heavy (non-hydrogen) atoms. The van der Waals surface area contributed by atoms with E-state index in [1.165, 1.54) is 0 Å². The number of nitrogens with one attached hydrogen (secondary N) is 2. The van der Waals surface area contributed by atoms with Gasteiger partial charge in [-0.15, -0.1) is 0 Å². The van der Waals surface area contributed by atoms with E-state index in [9.17, 15) is 28.0 Å². The van der Waals surface area contributed by atoms with Crippen molar-refractivity contribution in [2.24, 2.45) is 5.92 Å². The molecule has 10 heteroatoms. The third-order valence-corrected chi connectivity index (χ3v) is 4.55. The summed E-state index contributed by atoms with van der Waals surface area (Å²) in [4.78, 5) is 48.6. The Morgan fingerprint density at radius 1 is 1.33 bits per heavy atom. The molecule has 0 unspecified atom stereocenters. The van der Waals surface area contributed by atoms with E-state index < -0.39 is 54.1 Å². The molecule has 1 aromatic rings. The summed E-state index contributed by atoms with van der Waals surface area (Å²) in [5.41, 5.74) is -1.29. The SMILES string of the molecule is C[C@]1(C2CC2)NC(=O)N(CC(=O)OCC(=O)Nc2ccc(F)cc2F)C1=O. The largest absolute Gasteiger partial charge is 0.454 e. The quantitative estimate of drug-likeness (QED) is 0.569. The van der Waals surface area contributed by atoms with Gasteiger partial charge < -0.3 is 15.4 Å². The Morgan fingerprint density at radius 3 is 2.67 bits per heavy atom. The molecular formula is C17H17F2N3O5. The van der Waals surface area contributed by atoms with E-state index in [1.54, 1.807) is 6.92 Å². The Bertz CT molecular complexity index is 827. The van der Waals surface area contributed by atoms with Crippen LogP contribution in [-0.4, -0.2) is 47.4 Å². The van der Waals surface area contributed by atoms with Crippen molar-refractivity contribution in [3.8, 4) is 0 Å². The summed E-state index contributed by atoms with van der Waals surface area (Å²) in [5.74, 6) is -4.06. The van der Waals surface area contributed by atoms with Crippen LogP contribution in [0.15, 0.2) is 18.2 Å². The molecular weight excluding hydrogens is 364 g/mol. The molecule has 1 aromatic carbocycles. The number of rotatable bonds is 6. The molecule has 0 bridgehead atoms. The fourth-order valence-electron chi connectivity index (χ4n) is 2.89. The highest BCUT2D eigenvalue weighted by atomic mass is 19.1. The zero-order chi connectivity index (χ0) is 19.8. The molecule has 8 nitrogen and oxygen atoms in total. The van der Waals surface area contributed by atoms with Crippen LogP contribution in [0.4, 0.5) is 19.3 Å². The Labute approximate surface area is 152 Å². The van der Waals surface area contributed by atoms with Gasteiger partial charge >= 0.3 is 12.0 Å². The third kappa shape index (κ3) is 3.88. The van der Waals surface area contributed by atoms with Crippen molar-refractivity contribution >= 4 is 29.5 Å². The van der Waals surface area contributed by atoms with Crippen molar-refractivity contribution in [1.82, 2.24) is 10.2 Å². The number of nitrogens with zero attached hydrogens (tertiary/aromatic N) is 1. The number of ether oxygens (including phenoxy) is 1. The van der Waals surface area contributed by atoms with Gasteiger partial charge in [0.25, 0.3) is 11.8 Å². The lowest BCUT2D eigenvalue weighted by molar-refractivity contribution is -0.150. The summed E-state index contributed by atoms with van der Waals surface area (Å²) in [5, 5.41) is 4.71. The van der Waals surface area contributed by atoms with Crippen LogP contribution in [0.1, 0.15) is 19.8 Å². The predicted molar refractivity (Wildman–Crippen MR) is 87.3 cm³/mol. The number of urea groups is 1. The first-order valence-corrected chi connectivity index (χ1v) is 8.25. The highest BCUT2D eigenvalue weighted by Crippen LogP contribution is 2.42. The van der Waals surface area contributed by atoms with Gasteiger partial charge in [-0.05, 0) is 37.8 Å². The normalized spacial score (nSPS) is 21.8. The fraction of sp³-hybridized carbons (Fsp3) is 0.412. The molecule has 144 valence electrons. The van der Waals surface area contributed by atoms with E-state index in [-0.39, 0.29) is 11.6 Å². The third-order valence-electron chi connectivity index (χ3n) is 4.55. The number of hydrogen-bond donors (Lipinski definition) is 2. The van der Waals surface area contributed by atoms with Crippen LogP contribution in [0.25, 0.3) is 0 Å². The minimum Gasteiger partial charge on any atom is -0.454 e. The van der Waals surface area contributed by atoms with E-state index in [1.807, 2.05) is 0 Å². The van der Waals surface area contributed by atoms with Gasteiger partial charge in [-0.3, -0.25) is 19.3 Å². The number of halogens is 2. The minimum absolute atomic E-state index is 0.0475. The number of amides is 4. The van der Waals surface area contributed by atoms with Crippen LogP contribution < -0.4 is 10.6 Å². The smallest absolute Gasteiger partial charge is 0.326 e. The Kier molecular flexibility index (Phi) is 4.81. The van der Waals surface area contributed by atoms with E-state index in [0.717, 1.165) is 29.9 Å². The first-order chi connectivity index (χ1) is 12.7. The van der Waals surface area contributed by atoms with Gasteiger partial charge in [0.2, 0.25) is 0 Å². The summed E-state index contributed by atoms with van der Waals surface area (Å²) in [6, 6.07) is 1.88. The Morgan fingerprint density at radius 2 is 2.04 bits per heavy atom. The van der Waals surface area contributed by atoms with Gasteiger partial charge in [-0.1, -0.05) is 0 Å². The minimum atomic E-state index is -1.02. The fourth-order valence-corrected chi connectivity index (χ4v) is 2.89. The molecule has 0 aromatic heterocycles. The van der Waals surface area contributed by atoms with Crippen LogP contribution in [0.2, 0.25) is 0 Å². The topological polar surface area (TPSA) is 105 Å². The Hall–Kier alpha value is -3.04. The van der Waals surface area contributed by atoms with Gasteiger partial charge in [0.1, 0.15) is 23.7 Å². The maximum Gasteiger partial charge on any atom is 0.326 e. The molecule has 2 fully saturated rings. The number of benzene rings is 1. The molecule has 3 rings (SSSR count). The van der Waals surface area contributed by atoms with E-state index in [4.69, 9.17) is 4.74 Å². The first-order valence-electron chi connectivity index (χ1n) is 8.25. The average molecular weight is 381 g/mol. The van der Waals surface area contributed by atoms with Gasteiger partial charge in [0, 0.05) is 6.07 Å². The van der Waals surface area contributed by atoms with Crippen LogP contribution in [-0.2, 0) is 19.1 Å². The lowest BCUT2D eigenvalue weighted by Crippen LogP contribution is -2.46. The molecule has 1 saturated heterocycles. The molecule has 0 spiro atoms. The number of imide groups is 1. The standard InChI is InChI=1S/C17H17F2N3O5/c1-17(9-2-3-9)15(25)22(16(26)21-17)7-14(24)27-8-13(23)20-12-5-4-10(18)6-11(12)19/h4-6,9H,2-3,7-8H2,1H3,(H,20,23)(H,21,26)/t17-/m1/s1. The van der Waals surface area contributed by atoms with Crippen molar-refractivity contribution in [2.75, 3.05) is 18.5 Å². The summed E-state index contributed by atoms with van der Waals surface area (Å²) >= 11 is 0. The average Bonchev–Trinajstić information content (AvgIpc) is 3.42. The number of hydrogen-bond acceptors (Lipinski definition) is 5. The summed E-state index contributed by atoms with van der Waals surface area (Å²) in [6.45, 7) is 0.227. The number of esters is 1. The number of carbonyl (C=O) groups excluding carboxylic acids is 4. The second-order valence-electron chi connectivity index (χ2n) is 6.63. The van der Waals surface area contributed by atoms with Crippen LogP contribution in [0, 0.1) is 17.6 Å². The van der Waals surface area contributed by atoms with Gasteiger partial charge in [0.05, 0.1) is 5.69 Å². The van der Waals surface area contributed by atoms with E-state index in [2.05, 4.69) is 10.6 Å². The zero-order valence-corrected chi connectivity index (χ0v) is 14.4. The molecule has 4 amide bonds. The molecule has 1 atom stereocenters. The molecule has 1 aliphatic carbocycles. The van der Waals surface area contributed by atoms with E-state index >= 15 is 0 Å². The predicted octanol–water partition coefficient (Wildman–Crippen LogP) is 1.17. The van der Waals surface area contributed by atoms with Crippen molar-refractivity contribution in [1.29, 1.82) is 0 Å². The highest BCUT2D eigenvalue weighted by molar-refractivity contribution is 6.09.